The van der Waals surface area contributed by atoms with Gasteiger partial charge in [-0.05, 0) is 30.6 Å². The van der Waals surface area contributed by atoms with Crippen molar-refractivity contribution in [1.82, 2.24) is 14.9 Å². The largest absolute Gasteiger partial charge is 0.472 e. The maximum absolute atomic E-state index is 5.12. The molecule has 1 unspecified atom stereocenters. The number of furan rings is 1. The third-order valence-electron chi connectivity index (χ3n) is 2.51. The Balaban J connectivity index is 2.37. The molecule has 2 rings (SSSR count). The van der Waals surface area contributed by atoms with Crippen LogP contribution in [0.1, 0.15) is 41.9 Å². The summed E-state index contributed by atoms with van der Waals surface area (Å²) in [5.41, 5.74) is 2.17. The summed E-state index contributed by atoms with van der Waals surface area (Å²) in [6.45, 7) is 4.25. The van der Waals surface area contributed by atoms with Crippen LogP contribution in [0.4, 0.5) is 0 Å². The van der Waals surface area contributed by atoms with Crippen LogP contribution in [0.15, 0.2) is 23.0 Å². The molecule has 0 aliphatic heterocycles. The van der Waals surface area contributed by atoms with Crippen LogP contribution in [0.25, 0.3) is 0 Å². The summed E-state index contributed by atoms with van der Waals surface area (Å²) in [6.07, 6.45) is 3.44. The van der Waals surface area contributed by atoms with Crippen LogP contribution in [0.2, 0.25) is 0 Å². The van der Waals surface area contributed by atoms with E-state index in [-0.39, 0.29) is 6.04 Å². The summed E-state index contributed by atoms with van der Waals surface area (Å²) in [6, 6.07) is 2.08. The molecule has 0 saturated heterocycles. The lowest BCUT2D eigenvalue weighted by atomic mass is 10.0. The van der Waals surface area contributed by atoms with Crippen molar-refractivity contribution in [2.24, 2.45) is 0 Å². The van der Waals surface area contributed by atoms with E-state index in [0.717, 1.165) is 11.3 Å². The molecule has 0 bridgehead atoms. The van der Waals surface area contributed by atoms with Gasteiger partial charge in [-0.15, -0.1) is 5.10 Å². The van der Waals surface area contributed by atoms with Crippen LogP contribution in [-0.4, -0.2) is 16.6 Å². The van der Waals surface area contributed by atoms with Crippen molar-refractivity contribution in [3.63, 3.8) is 0 Å². The van der Waals surface area contributed by atoms with Crippen LogP contribution < -0.4 is 5.32 Å². The second-order valence-electron chi connectivity index (χ2n) is 3.96. The fraction of sp³-hybridized carbons (Fsp3) is 0.455. The van der Waals surface area contributed by atoms with Crippen molar-refractivity contribution in [3.8, 4) is 0 Å². The highest BCUT2D eigenvalue weighted by atomic mass is 32.1. The number of nitrogens with one attached hydrogen (secondary N) is 1. The van der Waals surface area contributed by atoms with Gasteiger partial charge in [0.15, 0.2) is 0 Å². The van der Waals surface area contributed by atoms with Crippen molar-refractivity contribution in [2.45, 2.75) is 25.8 Å². The number of rotatable bonds is 4. The molecule has 1 atom stereocenters. The summed E-state index contributed by atoms with van der Waals surface area (Å²) in [5, 5.41) is 7.46. The third kappa shape index (κ3) is 2.01. The van der Waals surface area contributed by atoms with Crippen LogP contribution in [-0.2, 0) is 0 Å². The molecule has 86 valence electrons. The molecule has 2 heterocycles. The average molecular weight is 237 g/mol. The molecule has 1 N–H and O–H groups in total. The lowest BCUT2D eigenvalue weighted by Crippen LogP contribution is -2.17. The van der Waals surface area contributed by atoms with Crippen molar-refractivity contribution >= 4 is 11.5 Å². The second kappa shape index (κ2) is 4.76. The molecule has 0 radical (unpaired) electrons. The van der Waals surface area contributed by atoms with E-state index < -0.39 is 0 Å². The first-order valence-electron chi connectivity index (χ1n) is 5.25. The van der Waals surface area contributed by atoms with Gasteiger partial charge in [-0.2, -0.15) is 0 Å². The first kappa shape index (κ1) is 11.3. The van der Waals surface area contributed by atoms with Gasteiger partial charge >= 0.3 is 0 Å². The number of hydrogen-bond acceptors (Lipinski definition) is 5. The predicted octanol–water partition coefficient (Wildman–Crippen LogP) is 2.56. The molecule has 2 aromatic rings. The molecule has 2 aromatic heterocycles. The zero-order valence-corrected chi connectivity index (χ0v) is 10.4. The minimum atomic E-state index is 0.121. The molecule has 0 spiro atoms. The Morgan fingerprint density at radius 3 is 2.81 bits per heavy atom. The Morgan fingerprint density at radius 1 is 1.44 bits per heavy atom. The predicted molar refractivity (Wildman–Crippen MR) is 63.6 cm³/mol. The van der Waals surface area contributed by atoms with Crippen molar-refractivity contribution < 1.29 is 4.42 Å². The van der Waals surface area contributed by atoms with Crippen LogP contribution in [0, 0.1) is 0 Å². The van der Waals surface area contributed by atoms with E-state index in [9.17, 15) is 0 Å². The number of hydrogen-bond donors (Lipinski definition) is 1. The summed E-state index contributed by atoms with van der Waals surface area (Å²) in [5.74, 6) is 0.386. The Hall–Kier alpha value is -1.20. The van der Waals surface area contributed by atoms with E-state index >= 15 is 0 Å². The van der Waals surface area contributed by atoms with Crippen molar-refractivity contribution in [3.05, 3.63) is 34.7 Å². The molecule has 0 aliphatic rings. The maximum atomic E-state index is 5.12. The van der Waals surface area contributed by atoms with E-state index in [4.69, 9.17) is 4.42 Å². The quantitative estimate of drug-likeness (QED) is 0.888. The fourth-order valence-corrected chi connectivity index (χ4v) is 2.64. The summed E-state index contributed by atoms with van der Waals surface area (Å²) in [7, 11) is 1.93. The van der Waals surface area contributed by atoms with Gasteiger partial charge in [0, 0.05) is 5.56 Å². The first-order valence-corrected chi connectivity index (χ1v) is 6.03. The van der Waals surface area contributed by atoms with Gasteiger partial charge in [0.25, 0.3) is 0 Å². The van der Waals surface area contributed by atoms with Gasteiger partial charge in [0.05, 0.1) is 29.1 Å². The Bertz CT molecular complexity index is 436. The van der Waals surface area contributed by atoms with Crippen LogP contribution >= 0.6 is 11.5 Å². The lowest BCUT2D eigenvalue weighted by Gasteiger charge is -2.14. The minimum Gasteiger partial charge on any atom is -0.472 e. The van der Waals surface area contributed by atoms with E-state index in [2.05, 4.69) is 28.8 Å². The van der Waals surface area contributed by atoms with Crippen LogP contribution in [0.3, 0.4) is 0 Å². The van der Waals surface area contributed by atoms with Crippen LogP contribution in [0.5, 0.6) is 0 Å². The lowest BCUT2D eigenvalue weighted by molar-refractivity contribution is 0.557. The zero-order chi connectivity index (χ0) is 11.5. The smallest absolute Gasteiger partial charge is 0.0954 e. The van der Waals surface area contributed by atoms with Gasteiger partial charge in [-0.25, -0.2) is 0 Å². The minimum absolute atomic E-state index is 0.121. The highest BCUT2D eigenvalue weighted by Crippen LogP contribution is 2.30. The van der Waals surface area contributed by atoms with Crippen molar-refractivity contribution in [1.29, 1.82) is 0 Å². The fourth-order valence-electron chi connectivity index (χ4n) is 1.69. The van der Waals surface area contributed by atoms with Gasteiger partial charge in [0.2, 0.25) is 0 Å². The molecule has 5 heteroatoms. The highest BCUT2D eigenvalue weighted by Gasteiger charge is 2.21. The van der Waals surface area contributed by atoms with E-state index in [1.165, 1.54) is 16.4 Å². The molecule has 0 fully saturated rings. The summed E-state index contributed by atoms with van der Waals surface area (Å²) >= 11 is 1.44. The standard InChI is InChI=1S/C11H15N3OS/c1-7(2)9-11(16-14-13-9)10(12-3)8-4-5-15-6-8/h4-7,10,12H,1-3H3. The van der Waals surface area contributed by atoms with Crippen molar-refractivity contribution in [2.75, 3.05) is 7.05 Å². The molecule has 4 nitrogen and oxygen atoms in total. The highest BCUT2D eigenvalue weighted by molar-refractivity contribution is 7.05. The number of nitrogens with zero attached hydrogens (tertiary/aromatic N) is 2. The normalized spacial score (nSPS) is 13.2. The molecule has 0 aliphatic carbocycles. The average Bonchev–Trinajstić information content (AvgIpc) is 2.88. The van der Waals surface area contributed by atoms with Gasteiger partial charge in [-0.3, -0.25) is 0 Å². The Labute approximate surface area is 98.8 Å². The third-order valence-corrected chi connectivity index (χ3v) is 3.32. The molecule has 0 saturated carbocycles. The van der Waals surface area contributed by atoms with Gasteiger partial charge in [0.1, 0.15) is 0 Å². The second-order valence-corrected chi connectivity index (χ2v) is 4.74. The van der Waals surface area contributed by atoms with E-state index in [1.54, 1.807) is 12.5 Å². The molecular formula is C11H15N3OS. The van der Waals surface area contributed by atoms with E-state index in [0.29, 0.717) is 5.92 Å². The first-order chi connectivity index (χ1) is 7.74. The van der Waals surface area contributed by atoms with Gasteiger partial charge < -0.3 is 9.73 Å². The van der Waals surface area contributed by atoms with Gasteiger partial charge in [-0.1, -0.05) is 18.3 Å². The number of aromatic nitrogens is 2. The summed E-state index contributed by atoms with van der Waals surface area (Å²) < 4.78 is 9.16. The Kier molecular flexibility index (Phi) is 3.36. The molecular weight excluding hydrogens is 222 g/mol. The SMILES string of the molecule is CNC(c1ccoc1)c1snnc1C(C)C. The molecule has 0 aromatic carbocycles. The molecule has 16 heavy (non-hydrogen) atoms. The molecule has 0 amide bonds. The Morgan fingerprint density at radius 2 is 2.25 bits per heavy atom. The summed E-state index contributed by atoms with van der Waals surface area (Å²) in [4.78, 5) is 1.17. The zero-order valence-electron chi connectivity index (χ0n) is 9.60. The maximum Gasteiger partial charge on any atom is 0.0954 e. The monoisotopic (exact) mass is 237 g/mol. The van der Waals surface area contributed by atoms with E-state index in [1.807, 2.05) is 13.1 Å². The topological polar surface area (TPSA) is 51.0 Å².